The third kappa shape index (κ3) is 2.78. The first-order valence-corrected chi connectivity index (χ1v) is 9.88. The Hall–Kier alpha value is -0.320. The topological polar surface area (TPSA) is 26.3 Å². The Balaban J connectivity index is 1.69. The molecule has 5 atom stereocenters. The zero-order valence-electron chi connectivity index (χ0n) is 13.7. The van der Waals surface area contributed by atoms with E-state index in [0.717, 1.165) is 24.7 Å². The third-order valence-corrected chi connectivity index (χ3v) is 7.34. The molecule has 2 aliphatic carbocycles. The van der Waals surface area contributed by atoms with Crippen molar-refractivity contribution < 1.29 is 9.53 Å². The molecule has 0 radical (unpaired) electrons. The SMILES string of the molecule is C=C1C[C@H](C[C@@H](C)[C@H]2CCC3C(=CI)CCC[C@]32C)OC1=O. The van der Waals surface area contributed by atoms with Crippen LogP contribution >= 0.6 is 22.6 Å². The van der Waals surface area contributed by atoms with Crippen molar-refractivity contribution in [2.75, 3.05) is 0 Å². The molecule has 3 aliphatic rings. The summed E-state index contributed by atoms with van der Waals surface area (Å²) < 4.78 is 7.81. The van der Waals surface area contributed by atoms with E-state index in [-0.39, 0.29) is 12.1 Å². The predicted molar refractivity (Wildman–Crippen MR) is 97.7 cm³/mol. The minimum Gasteiger partial charge on any atom is -0.459 e. The van der Waals surface area contributed by atoms with E-state index in [1.165, 1.54) is 32.1 Å². The predicted octanol–water partition coefficient (Wildman–Crippen LogP) is 5.42. The maximum Gasteiger partial charge on any atom is 0.333 e. The largest absolute Gasteiger partial charge is 0.459 e. The van der Waals surface area contributed by atoms with E-state index in [4.69, 9.17) is 4.74 Å². The fourth-order valence-electron chi connectivity index (χ4n) is 5.49. The van der Waals surface area contributed by atoms with Crippen LogP contribution in [0.1, 0.15) is 58.8 Å². The zero-order valence-corrected chi connectivity index (χ0v) is 15.9. The number of esters is 1. The highest BCUT2D eigenvalue weighted by Crippen LogP contribution is 2.60. The minimum absolute atomic E-state index is 0.0702. The van der Waals surface area contributed by atoms with Gasteiger partial charge in [0, 0.05) is 12.0 Å². The Kier molecular flexibility index (Phi) is 4.73. The van der Waals surface area contributed by atoms with Crippen LogP contribution in [0.4, 0.5) is 0 Å². The molecular weight excluding hydrogens is 387 g/mol. The summed E-state index contributed by atoms with van der Waals surface area (Å²) in [6.07, 6.45) is 8.47. The van der Waals surface area contributed by atoms with E-state index >= 15 is 0 Å². The molecular formula is C19H27IO2. The number of allylic oxidation sites excluding steroid dienone is 1. The Bertz CT molecular complexity index is 494. The quantitative estimate of drug-likeness (QED) is 0.350. The maximum absolute atomic E-state index is 11.5. The van der Waals surface area contributed by atoms with Gasteiger partial charge >= 0.3 is 5.97 Å². The molecule has 1 aliphatic heterocycles. The van der Waals surface area contributed by atoms with Crippen molar-refractivity contribution in [1.29, 1.82) is 0 Å². The minimum atomic E-state index is -0.180. The molecule has 0 amide bonds. The number of carbonyl (C=O) groups is 1. The van der Waals surface area contributed by atoms with Crippen LogP contribution in [0.3, 0.4) is 0 Å². The summed E-state index contributed by atoms with van der Waals surface area (Å²) in [4.78, 5) is 11.5. The zero-order chi connectivity index (χ0) is 15.9. The summed E-state index contributed by atoms with van der Waals surface area (Å²) in [5.41, 5.74) is 2.79. The standard InChI is InChI=1S/C19H27IO2/c1-12(9-15-10-13(2)18(21)22-15)16-6-7-17-14(11-20)5-4-8-19(16,17)3/h11-12,15-17H,2,4-10H2,1,3H3/t12-,15+,16-,17?,19+/m1/s1. The maximum atomic E-state index is 11.5. The van der Waals surface area contributed by atoms with Crippen molar-refractivity contribution in [2.24, 2.45) is 23.2 Å². The van der Waals surface area contributed by atoms with E-state index in [2.05, 4.69) is 47.1 Å². The van der Waals surface area contributed by atoms with Gasteiger partial charge in [-0.05, 0) is 65.8 Å². The molecule has 0 N–H and O–H groups in total. The molecule has 0 bridgehead atoms. The van der Waals surface area contributed by atoms with Crippen molar-refractivity contribution >= 4 is 28.6 Å². The van der Waals surface area contributed by atoms with Gasteiger partial charge in [-0.2, -0.15) is 0 Å². The van der Waals surface area contributed by atoms with Gasteiger partial charge in [-0.15, -0.1) is 0 Å². The van der Waals surface area contributed by atoms with Gasteiger partial charge in [0.25, 0.3) is 0 Å². The molecule has 2 nitrogen and oxygen atoms in total. The summed E-state index contributed by atoms with van der Waals surface area (Å²) in [6.45, 7) is 8.70. The first kappa shape index (κ1) is 16.5. The van der Waals surface area contributed by atoms with Crippen molar-refractivity contribution in [3.63, 3.8) is 0 Å². The number of fused-ring (bicyclic) bond motifs is 1. The molecule has 1 saturated heterocycles. The first-order chi connectivity index (χ1) is 10.5. The van der Waals surface area contributed by atoms with E-state index in [0.29, 0.717) is 16.9 Å². The van der Waals surface area contributed by atoms with Gasteiger partial charge in [0.15, 0.2) is 0 Å². The van der Waals surface area contributed by atoms with Gasteiger partial charge in [0.1, 0.15) is 6.10 Å². The Labute approximate surface area is 147 Å². The lowest BCUT2D eigenvalue weighted by molar-refractivity contribution is -0.139. The molecule has 0 aromatic carbocycles. The molecule has 3 rings (SSSR count). The molecule has 1 unspecified atom stereocenters. The summed E-state index contributed by atoms with van der Waals surface area (Å²) in [5.74, 6) is 1.98. The highest BCUT2D eigenvalue weighted by molar-refractivity contribution is 14.1. The van der Waals surface area contributed by atoms with Crippen LogP contribution in [-0.2, 0) is 9.53 Å². The lowest BCUT2D eigenvalue weighted by Gasteiger charge is -2.44. The van der Waals surface area contributed by atoms with Gasteiger partial charge in [0.2, 0.25) is 0 Å². The van der Waals surface area contributed by atoms with Crippen LogP contribution in [0, 0.1) is 23.2 Å². The molecule has 1 heterocycles. The van der Waals surface area contributed by atoms with Gasteiger partial charge in [0.05, 0.1) is 0 Å². The molecule has 0 spiro atoms. The van der Waals surface area contributed by atoms with Crippen LogP contribution in [0.15, 0.2) is 21.8 Å². The molecule has 2 saturated carbocycles. The summed E-state index contributed by atoms with van der Waals surface area (Å²) in [6, 6.07) is 0. The highest BCUT2D eigenvalue weighted by atomic mass is 127. The molecule has 3 fully saturated rings. The lowest BCUT2D eigenvalue weighted by Crippen LogP contribution is -2.36. The van der Waals surface area contributed by atoms with Gasteiger partial charge in [-0.25, -0.2) is 4.79 Å². The lowest BCUT2D eigenvalue weighted by atomic mass is 9.61. The number of carbonyl (C=O) groups excluding carboxylic acids is 1. The first-order valence-electron chi connectivity index (χ1n) is 8.63. The number of hydrogen-bond donors (Lipinski definition) is 0. The van der Waals surface area contributed by atoms with Crippen molar-refractivity contribution in [3.05, 3.63) is 21.8 Å². The molecule has 22 heavy (non-hydrogen) atoms. The Morgan fingerprint density at radius 1 is 1.50 bits per heavy atom. The smallest absolute Gasteiger partial charge is 0.333 e. The van der Waals surface area contributed by atoms with E-state index < -0.39 is 0 Å². The monoisotopic (exact) mass is 414 g/mol. The summed E-state index contributed by atoms with van der Waals surface area (Å²) in [5, 5.41) is 0. The number of hydrogen-bond acceptors (Lipinski definition) is 2. The molecule has 0 aromatic heterocycles. The summed E-state index contributed by atoms with van der Waals surface area (Å²) >= 11 is 2.43. The van der Waals surface area contributed by atoms with Crippen LogP contribution < -0.4 is 0 Å². The fourth-order valence-corrected chi connectivity index (χ4v) is 6.24. The molecule has 0 aromatic rings. The molecule has 3 heteroatoms. The third-order valence-electron chi connectivity index (χ3n) is 6.54. The second-order valence-corrected chi connectivity index (χ2v) is 8.45. The Morgan fingerprint density at radius 2 is 2.27 bits per heavy atom. The van der Waals surface area contributed by atoms with Crippen molar-refractivity contribution in [1.82, 2.24) is 0 Å². The average Bonchev–Trinajstić information content (AvgIpc) is 2.98. The number of rotatable bonds is 3. The van der Waals surface area contributed by atoms with Gasteiger partial charge in [-0.3, -0.25) is 0 Å². The fraction of sp³-hybridized carbons (Fsp3) is 0.737. The number of halogens is 1. The number of ether oxygens (including phenoxy) is 1. The van der Waals surface area contributed by atoms with Crippen molar-refractivity contribution in [3.8, 4) is 0 Å². The van der Waals surface area contributed by atoms with Crippen LogP contribution in [0.25, 0.3) is 0 Å². The number of cyclic esters (lactones) is 1. The molecule has 122 valence electrons. The Morgan fingerprint density at radius 3 is 2.91 bits per heavy atom. The van der Waals surface area contributed by atoms with Crippen LogP contribution in [0.5, 0.6) is 0 Å². The van der Waals surface area contributed by atoms with E-state index in [1.807, 2.05) is 0 Å². The van der Waals surface area contributed by atoms with E-state index in [9.17, 15) is 4.79 Å². The average molecular weight is 414 g/mol. The normalized spacial score (nSPS) is 41.6. The van der Waals surface area contributed by atoms with Gasteiger partial charge in [-0.1, -0.05) is 48.6 Å². The highest BCUT2D eigenvalue weighted by Gasteiger charge is 2.51. The summed E-state index contributed by atoms with van der Waals surface area (Å²) in [7, 11) is 0. The van der Waals surface area contributed by atoms with Crippen LogP contribution in [0.2, 0.25) is 0 Å². The van der Waals surface area contributed by atoms with E-state index in [1.54, 1.807) is 5.57 Å². The second-order valence-electron chi connectivity index (χ2n) is 7.83. The van der Waals surface area contributed by atoms with Crippen LogP contribution in [-0.4, -0.2) is 12.1 Å². The van der Waals surface area contributed by atoms with Crippen molar-refractivity contribution in [2.45, 2.75) is 64.9 Å². The van der Waals surface area contributed by atoms with Gasteiger partial charge < -0.3 is 4.74 Å². The second kappa shape index (κ2) is 6.29.